The van der Waals surface area contributed by atoms with Crippen LogP contribution in [0.3, 0.4) is 0 Å². The molecule has 3 amide bonds. The number of imide groups is 1. The van der Waals surface area contributed by atoms with E-state index >= 15 is 0 Å². The Bertz CT molecular complexity index is 1250. The minimum absolute atomic E-state index is 0.203. The van der Waals surface area contributed by atoms with Crippen molar-refractivity contribution in [2.45, 2.75) is 26.2 Å². The molecule has 0 radical (unpaired) electrons. The number of hydrogen-bond acceptors (Lipinski definition) is 7. The van der Waals surface area contributed by atoms with Crippen LogP contribution in [0, 0.1) is 0 Å². The lowest BCUT2D eigenvalue weighted by Crippen LogP contribution is -2.48. The van der Waals surface area contributed by atoms with Gasteiger partial charge in [0.1, 0.15) is 0 Å². The number of carbonyl (C=O) groups excluding carboxylic acids is 3. The number of anilines is 2. The fourth-order valence-electron chi connectivity index (χ4n) is 4.66. The van der Waals surface area contributed by atoms with Crippen molar-refractivity contribution >= 4 is 50.1 Å². The predicted molar refractivity (Wildman–Crippen MR) is 138 cm³/mol. The molecule has 0 bridgehead atoms. The number of piperazine rings is 1. The number of nitrogens with zero attached hydrogens (tertiary/aromatic N) is 4. The monoisotopic (exact) mass is 491 g/mol. The van der Waals surface area contributed by atoms with E-state index in [-0.39, 0.29) is 30.6 Å². The largest absolute Gasteiger partial charge is 0.351 e. The van der Waals surface area contributed by atoms with Crippen molar-refractivity contribution < 1.29 is 14.4 Å². The molecule has 182 valence electrons. The third-order valence-corrected chi connectivity index (χ3v) is 7.73. The Balaban J connectivity index is 1.11. The highest BCUT2D eigenvalue weighted by Crippen LogP contribution is 2.31. The molecule has 2 aliphatic rings. The van der Waals surface area contributed by atoms with Crippen LogP contribution in [0.2, 0.25) is 0 Å². The van der Waals surface area contributed by atoms with Crippen molar-refractivity contribution in [2.24, 2.45) is 0 Å². The Kier molecular flexibility index (Phi) is 6.79. The Morgan fingerprint density at radius 3 is 2.51 bits per heavy atom. The molecule has 8 nitrogen and oxygen atoms in total. The van der Waals surface area contributed by atoms with Gasteiger partial charge in [0.2, 0.25) is 11.8 Å². The van der Waals surface area contributed by atoms with Gasteiger partial charge in [0.05, 0.1) is 15.9 Å². The maximum absolute atomic E-state index is 12.7. The molecule has 2 aromatic carbocycles. The van der Waals surface area contributed by atoms with Gasteiger partial charge < -0.3 is 10.2 Å². The third-order valence-electron chi connectivity index (χ3n) is 6.65. The molecule has 5 rings (SSSR count). The molecular formula is C26H29N5O3S. The van der Waals surface area contributed by atoms with E-state index in [9.17, 15) is 14.4 Å². The van der Waals surface area contributed by atoms with E-state index in [0.717, 1.165) is 49.8 Å². The van der Waals surface area contributed by atoms with Crippen molar-refractivity contribution in [3.63, 3.8) is 0 Å². The van der Waals surface area contributed by atoms with Crippen LogP contribution in [-0.2, 0) is 16.0 Å². The molecule has 2 aliphatic heterocycles. The molecule has 0 spiro atoms. The molecule has 0 atom stereocenters. The van der Waals surface area contributed by atoms with Gasteiger partial charge in [-0.1, -0.05) is 36.5 Å². The summed E-state index contributed by atoms with van der Waals surface area (Å²) in [5.41, 5.74) is 3.33. The van der Waals surface area contributed by atoms with E-state index in [1.807, 2.05) is 0 Å². The molecule has 0 saturated carbocycles. The van der Waals surface area contributed by atoms with E-state index < -0.39 is 0 Å². The summed E-state index contributed by atoms with van der Waals surface area (Å²) in [7, 11) is 0. The van der Waals surface area contributed by atoms with Crippen LogP contribution in [0.4, 0.5) is 10.8 Å². The first-order valence-electron chi connectivity index (χ1n) is 12.1. The first-order chi connectivity index (χ1) is 17.0. The fraction of sp³-hybridized carbons (Fsp3) is 0.385. The number of hydrogen-bond donors (Lipinski definition) is 1. The van der Waals surface area contributed by atoms with Crippen molar-refractivity contribution in [3.05, 3.63) is 53.6 Å². The van der Waals surface area contributed by atoms with Crippen molar-refractivity contribution in [2.75, 3.05) is 49.1 Å². The van der Waals surface area contributed by atoms with Crippen LogP contribution in [0.25, 0.3) is 10.2 Å². The van der Waals surface area contributed by atoms with E-state index in [0.29, 0.717) is 17.8 Å². The van der Waals surface area contributed by atoms with Gasteiger partial charge in [0.15, 0.2) is 5.13 Å². The molecule has 0 aliphatic carbocycles. The van der Waals surface area contributed by atoms with Crippen LogP contribution in [0.5, 0.6) is 0 Å². The number of nitrogens with one attached hydrogen (secondary N) is 1. The molecule has 1 N–H and O–H groups in total. The van der Waals surface area contributed by atoms with E-state index in [4.69, 9.17) is 4.98 Å². The molecular weight excluding hydrogens is 462 g/mol. The van der Waals surface area contributed by atoms with Crippen LogP contribution in [-0.4, -0.2) is 66.9 Å². The fourth-order valence-corrected chi connectivity index (χ4v) is 5.72. The summed E-state index contributed by atoms with van der Waals surface area (Å²) in [4.78, 5) is 47.4. The lowest BCUT2D eigenvalue weighted by atomic mass is 10.1. The number of carbonyl (C=O) groups is 3. The number of aryl methyl sites for hydroxylation is 1. The van der Waals surface area contributed by atoms with Crippen molar-refractivity contribution in [1.29, 1.82) is 0 Å². The summed E-state index contributed by atoms with van der Waals surface area (Å²) in [5.74, 6) is -0.641. The first kappa shape index (κ1) is 23.4. The summed E-state index contributed by atoms with van der Waals surface area (Å²) in [5, 5.41) is 4.05. The second kappa shape index (κ2) is 10.1. The van der Waals surface area contributed by atoms with Gasteiger partial charge in [-0.05, 0) is 36.2 Å². The quantitative estimate of drug-likeness (QED) is 0.512. The van der Waals surface area contributed by atoms with Gasteiger partial charge in [-0.3, -0.25) is 24.2 Å². The zero-order chi connectivity index (χ0) is 24.4. The lowest BCUT2D eigenvalue weighted by Gasteiger charge is -2.34. The SMILES string of the molecule is CCc1cccc2sc(N3CCN(CCNC(=O)c4cccc(N5C(=O)CCC5=O)c4)CC3)nc12. The number of aromatic nitrogens is 1. The Morgan fingerprint density at radius 1 is 1.03 bits per heavy atom. The minimum Gasteiger partial charge on any atom is -0.351 e. The third kappa shape index (κ3) is 4.92. The molecule has 9 heteroatoms. The van der Waals surface area contributed by atoms with Crippen LogP contribution in [0.1, 0.15) is 35.7 Å². The highest BCUT2D eigenvalue weighted by atomic mass is 32.1. The van der Waals surface area contributed by atoms with Gasteiger partial charge in [-0.2, -0.15) is 0 Å². The predicted octanol–water partition coefficient (Wildman–Crippen LogP) is 3.06. The minimum atomic E-state index is -0.219. The molecule has 2 saturated heterocycles. The normalized spacial score (nSPS) is 16.9. The number of para-hydroxylation sites is 1. The van der Waals surface area contributed by atoms with Crippen LogP contribution >= 0.6 is 11.3 Å². The summed E-state index contributed by atoms with van der Waals surface area (Å²) >= 11 is 1.76. The van der Waals surface area contributed by atoms with Crippen molar-refractivity contribution in [1.82, 2.24) is 15.2 Å². The van der Waals surface area contributed by atoms with Gasteiger partial charge in [-0.15, -0.1) is 0 Å². The molecule has 3 heterocycles. The second-order valence-corrected chi connectivity index (χ2v) is 9.88. The lowest BCUT2D eigenvalue weighted by molar-refractivity contribution is -0.121. The van der Waals surface area contributed by atoms with E-state index in [1.54, 1.807) is 35.6 Å². The number of rotatable bonds is 7. The zero-order valence-corrected chi connectivity index (χ0v) is 20.6. The Hall–Kier alpha value is -3.30. The highest BCUT2D eigenvalue weighted by Gasteiger charge is 2.30. The smallest absolute Gasteiger partial charge is 0.251 e. The van der Waals surface area contributed by atoms with Crippen LogP contribution in [0.15, 0.2) is 42.5 Å². The topological polar surface area (TPSA) is 85.9 Å². The summed E-state index contributed by atoms with van der Waals surface area (Å²) in [6.07, 6.45) is 1.43. The average molecular weight is 492 g/mol. The van der Waals surface area contributed by atoms with Crippen LogP contribution < -0.4 is 15.1 Å². The average Bonchev–Trinajstić information content (AvgIpc) is 3.47. The summed E-state index contributed by atoms with van der Waals surface area (Å²) in [6, 6.07) is 13.1. The Labute approximate surface area is 208 Å². The van der Waals surface area contributed by atoms with Gasteiger partial charge >= 0.3 is 0 Å². The maximum atomic E-state index is 12.7. The van der Waals surface area contributed by atoms with Gasteiger partial charge in [0, 0.05) is 57.7 Å². The molecule has 2 fully saturated rings. The van der Waals surface area contributed by atoms with Gasteiger partial charge in [-0.25, -0.2) is 4.98 Å². The Morgan fingerprint density at radius 2 is 1.77 bits per heavy atom. The first-order valence-corrected chi connectivity index (χ1v) is 12.9. The second-order valence-electron chi connectivity index (χ2n) is 8.87. The molecule has 35 heavy (non-hydrogen) atoms. The summed E-state index contributed by atoms with van der Waals surface area (Å²) < 4.78 is 1.24. The maximum Gasteiger partial charge on any atom is 0.251 e. The number of amides is 3. The van der Waals surface area contributed by atoms with E-state index in [1.165, 1.54) is 15.2 Å². The summed E-state index contributed by atoms with van der Waals surface area (Å²) in [6.45, 7) is 7.12. The van der Waals surface area contributed by atoms with Gasteiger partial charge in [0.25, 0.3) is 5.91 Å². The van der Waals surface area contributed by atoms with Crippen molar-refractivity contribution in [3.8, 4) is 0 Å². The molecule has 1 aromatic heterocycles. The number of thiazole rings is 1. The molecule has 3 aromatic rings. The zero-order valence-electron chi connectivity index (χ0n) is 19.8. The molecule has 0 unspecified atom stereocenters. The van der Waals surface area contributed by atoms with E-state index in [2.05, 4.69) is 40.2 Å². The standard InChI is InChI=1S/C26H29N5O3S/c1-2-18-5-4-8-21-24(18)28-26(35-21)30-15-13-29(14-16-30)12-11-27-25(34)19-6-3-7-20(17-19)31-22(32)9-10-23(31)33/h3-8,17H,2,9-16H2,1H3,(H,27,34). The number of fused-ring (bicyclic) bond motifs is 1. The highest BCUT2D eigenvalue weighted by molar-refractivity contribution is 7.22. The number of benzene rings is 2.